The lowest BCUT2D eigenvalue weighted by Gasteiger charge is -2.07. The summed E-state index contributed by atoms with van der Waals surface area (Å²) in [4.78, 5) is 0. The Labute approximate surface area is 180 Å². The number of aromatic amines is 1. The molecule has 0 aliphatic rings. The Morgan fingerprint density at radius 3 is 2.24 bits per heavy atom. The van der Waals surface area contributed by atoms with Crippen LogP contribution in [0.15, 0.2) is 82.4 Å². The number of H-pyrrole nitrogens is 1. The predicted octanol–water partition coefficient (Wildman–Crippen LogP) is 5.74. The summed E-state index contributed by atoms with van der Waals surface area (Å²) < 4.78 is 5.37. The fourth-order valence-electron chi connectivity index (χ4n) is 3.56. The van der Waals surface area contributed by atoms with Crippen molar-refractivity contribution in [2.75, 3.05) is 0 Å². The van der Waals surface area contributed by atoms with E-state index in [-0.39, 0.29) is 0 Å². The number of rotatable bonds is 4. The molecule has 0 saturated carbocycles. The quantitative estimate of drug-likeness (QED) is 0.274. The van der Waals surface area contributed by atoms with Crippen LogP contribution >= 0.6 is 28.1 Å². The summed E-state index contributed by atoms with van der Waals surface area (Å²) in [6.07, 6.45) is 1.78. The maximum atomic E-state index is 5.42. The van der Waals surface area contributed by atoms with E-state index in [0.717, 1.165) is 26.9 Å². The Balaban J connectivity index is 1.61. The summed E-state index contributed by atoms with van der Waals surface area (Å²) >= 11 is 8.97. The van der Waals surface area contributed by atoms with Crippen LogP contribution in [0, 0.1) is 4.77 Å². The van der Waals surface area contributed by atoms with Gasteiger partial charge in [0.1, 0.15) is 0 Å². The molecule has 29 heavy (non-hydrogen) atoms. The molecule has 0 radical (unpaired) electrons. The first-order valence-corrected chi connectivity index (χ1v) is 10.3. The molecule has 0 spiro atoms. The first-order chi connectivity index (χ1) is 14.2. The van der Waals surface area contributed by atoms with Gasteiger partial charge in [-0.25, -0.2) is 0 Å². The highest BCUT2D eigenvalue weighted by Gasteiger charge is 2.13. The van der Waals surface area contributed by atoms with Crippen LogP contribution in [0.1, 0.15) is 11.4 Å². The Morgan fingerprint density at radius 1 is 0.931 bits per heavy atom. The van der Waals surface area contributed by atoms with Crippen LogP contribution in [0.2, 0.25) is 0 Å². The van der Waals surface area contributed by atoms with Gasteiger partial charge in [-0.15, -0.1) is 0 Å². The van der Waals surface area contributed by atoms with Crippen LogP contribution in [0.25, 0.3) is 21.8 Å². The number of nitrogens with zero attached hydrogens (tertiary/aromatic N) is 4. The second-order valence-electron chi connectivity index (χ2n) is 6.64. The number of halogens is 1. The third-order valence-corrected chi connectivity index (χ3v) is 5.90. The molecule has 0 aliphatic heterocycles. The van der Waals surface area contributed by atoms with Gasteiger partial charge in [0.15, 0.2) is 5.82 Å². The molecule has 0 aliphatic carbocycles. The molecule has 7 heteroatoms. The fraction of sp³-hybridized carbons (Fsp3) is 0.0455. The van der Waals surface area contributed by atoms with Crippen molar-refractivity contribution in [3.8, 4) is 0 Å². The van der Waals surface area contributed by atoms with Crippen molar-refractivity contribution < 1.29 is 0 Å². The maximum absolute atomic E-state index is 5.42. The van der Waals surface area contributed by atoms with Crippen molar-refractivity contribution in [2.24, 2.45) is 5.10 Å². The molecule has 5 rings (SSSR count). The molecule has 0 fully saturated rings. The topological polar surface area (TPSA) is 50.9 Å². The Kier molecular flexibility index (Phi) is 4.61. The second-order valence-corrected chi connectivity index (χ2v) is 7.88. The van der Waals surface area contributed by atoms with Crippen LogP contribution < -0.4 is 0 Å². The summed E-state index contributed by atoms with van der Waals surface area (Å²) in [7, 11) is 0. The molecule has 2 aromatic heterocycles. The number of hydrogen-bond donors (Lipinski definition) is 1. The van der Waals surface area contributed by atoms with Crippen LogP contribution in [-0.2, 0) is 6.54 Å². The predicted molar refractivity (Wildman–Crippen MR) is 123 cm³/mol. The molecule has 0 atom stereocenters. The lowest BCUT2D eigenvalue weighted by Crippen LogP contribution is -2.06. The summed E-state index contributed by atoms with van der Waals surface area (Å²) in [5.74, 6) is 0.741. The standard InChI is InChI=1S/C22H16BrN5S/c23-18-10-4-1-7-15(18)13-24-28-21(25-26-22(28)29)14-27-19-11-5-2-8-16(19)17-9-3-6-12-20(17)27/h1-13H,14H2,(H,26,29)/b24-13+. The van der Waals surface area contributed by atoms with Crippen LogP contribution in [0.3, 0.4) is 0 Å². The first-order valence-electron chi connectivity index (χ1n) is 9.13. The zero-order valence-electron chi connectivity index (χ0n) is 15.3. The Bertz CT molecular complexity index is 1370. The van der Waals surface area contributed by atoms with E-state index in [1.807, 2.05) is 24.3 Å². The highest BCUT2D eigenvalue weighted by Crippen LogP contribution is 2.29. The zero-order valence-corrected chi connectivity index (χ0v) is 17.7. The molecular weight excluding hydrogens is 446 g/mol. The number of para-hydroxylation sites is 2. The van der Waals surface area contributed by atoms with Gasteiger partial charge in [-0.3, -0.25) is 5.10 Å². The van der Waals surface area contributed by atoms with Gasteiger partial charge in [-0.05, 0) is 30.4 Å². The molecule has 0 saturated heterocycles. The van der Waals surface area contributed by atoms with Crippen molar-refractivity contribution >= 4 is 56.2 Å². The van der Waals surface area contributed by atoms with Crippen molar-refractivity contribution in [3.05, 3.63) is 93.4 Å². The summed E-state index contributed by atoms with van der Waals surface area (Å²) in [6.45, 7) is 0.550. The van der Waals surface area contributed by atoms with Gasteiger partial charge in [0, 0.05) is 31.8 Å². The van der Waals surface area contributed by atoms with E-state index in [1.54, 1.807) is 10.9 Å². The fourth-order valence-corrected chi connectivity index (χ4v) is 4.15. The molecule has 3 aromatic carbocycles. The molecule has 0 unspecified atom stereocenters. The van der Waals surface area contributed by atoms with Gasteiger partial charge in [0.25, 0.3) is 0 Å². The van der Waals surface area contributed by atoms with E-state index in [4.69, 9.17) is 12.2 Å². The minimum absolute atomic E-state index is 0.462. The van der Waals surface area contributed by atoms with E-state index in [9.17, 15) is 0 Å². The molecule has 5 nitrogen and oxygen atoms in total. The lowest BCUT2D eigenvalue weighted by molar-refractivity contribution is 0.716. The molecule has 2 heterocycles. The molecule has 1 N–H and O–H groups in total. The second kappa shape index (κ2) is 7.42. The highest BCUT2D eigenvalue weighted by atomic mass is 79.9. The van der Waals surface area contributed by atoms with Gasteiger partial charge in [0.2, 0.25) is 4.77 Å². The number of benzene rings is 3. The third-order valence-electron chi connectivity index (χ3n) is 4.91. The van der Waals surface area contributed by atoms with Crippen LogP contribution in [0.5, 0.6) is 0 Å². The molecule has 0 bridgehead atoms. The minimum atomic E-state index is 0.462. The maximum Gasteiger partial charge on any atom is 0.216 e. The van der Waals surface area contributed by atoms with E-state index in [2.05, 4.69) is 84.3 Å². The largest absolute Gasteiger partial charge is 0.333 e. The van der Waals surface area contributed by atoms with Gasteiger partial charge in [-0.1, -0.05) is 70.5 Å². The Morgan fingerprint density at radius 2 is 1.55 bits per heavy atom. The average molecular weight is 462 g/mol. The molecule has 5 aromatic rings. The summed E-state index contributed by atoms with van der Waals surface area (Å²) in [6, 6.07) is 24.7. The van der Waals surface area contributed by atoms with Crippen molar-refractivity contribution in [2.45, 2.75) is 6.54 Å². The summed E-state index contributed by atoms with van der Waals surface area (Å²) in [5, 5.41) is 14.3. The number of nitrogens with one attached hydrogen (secondary N) is 1. The molecule has 142 valence electrons. The van der Waals surface area contributed by atoms with Gasteiger partial charge < -0.3 is 4.57 Å². The van der Waals surface area contributed by atoms with Gasteiger partial charge in [0.05, 0.1) is 12.8 Å². The molecular formula is C22H16BrN5S. The van der Waals surface area contributed by atoms with Crippen molar-refractivity contribution in [3.63, 3.8) is 0 Å². The van der Waals surface area contributed by atoms with Crippen LogP contribution in [-0.4, -0.2) is 25.7 Å². The third kappa shape index (κ3) is 3.22. The van der Waals surface area contributed by atoms with Crippen molar-refractivity contribution in [1.82, 2.24) is 19.4 Å². The number of hydrogen-bond acceptors (Lipinski definition) is 3. The zero-order chi connectivity index (χ0) is 19.8. The van der Waals surface area contributed by atoms with Gasteiger partial charge >= 0.3 is 0 Å². The number of fused-ring (bicyclic) bond motifs is 3. The number of aromatic nitrogens is 4. The van der Waals surface area contributed by atoms with Crippen LogP contribution in [0.4, 0.5) is 0 Å². The first kappa shape index (κ1) is 18.0. The van der Waals surface area contributed by atoms with Gasteiger partial charge in [-0.2, -0.15) is 14.9 Å². The normalized spacial score (nSPS) is 11.8. The van der Waals surface area contributed by atoms with E-state index in [1.165, 1.54) is 10.8 Å². The van der Waals surface area contributed by atoms with E-state index >= 15 is 0 Å². The SMILES string of the molecule is S=c1[nH]nc(Cn2c3ccccc3c3ccccc32)n1/N=C/c1ccccc1Br. The van der Waals surface area contributed by atoms with E-state index < -0.39 is 0 Å². The van der Waals surface area contributed by atoms with E-state index in [0.29, 0.717) is 11.3 Å². The molecule has 0 amide bonds. The monoisotopic (exact) mass is 461 g/mol. The highest BCUT2D eigenvalue weighted by molar-refractivity contribution is 9.10. The van der Waals surface area contributed by atoms with Crippen molar-refractivity contribution in [1.29, 1.82) is 0 Å². The Hall–Kier alpha value is -3.03. The minimum Gasteiger partial charge on any atom is -0.333 e. The average Bonchev–Trinajstić information content (AvgIpc) is 3.26. The smallest absolute Gasteiger partial charge is 0.216 e. The summed E-state index contributed by atoms with van der Waals surface area (Å²) in [5.41, 5.74) is 3.28. The lowest BCUT2D eigenvalue weighted by atomic mass is 10.2.